The van der Waals surface area contributed by atoms with Crippen LogP contribution in [0.1, 0.15) is 43.0 Å². The van der Waals surface area contributed by atoms with Crippen molar-refractivity contribution in [2.75, 3.05) is 0 Å². The normalized spacial score (nSPS) is 11.0. The number of amides is 2. The van der Waals surface area contributed by atoms with Gasteiger partial charge in [-0.2, -0.15) is 10.2 Å². The maximum atomic E-state index is 12.1. The third kappa shape index (κ3) is 5.97. The van der Waals surface area contributed by atoms with Gasteiger partial charge in [0.05, 0.1) is 12.4 Å². The van der Waals surface area contributed by atoms with E-state index in [1.54, 1.807) is 36.7 Å². The highest BCUT2D eigenvalue weighted by Crippen LogP contribution is 2.05. The second-order valence-electron chi connectivity index (χ2n) is 6.80. The number of nitrogens with one attached hydrogen (secondary N) is 2. The van der Waals surface area contributed by atoms with E-state index in [0.717, 1.165) is 22.3 Å². The van der Waals surface area contributed by atoms with Gasteiger partial charge in [0.15, 0.2) is 0 Å². The lowest BCUT2D eigenvalue weighted by atomic mass is 10.1. The molecule has 0 aromatic heterocycles. The van der Waals surface area contributed by atoms with E-state index in [1.165, 1.54) is 0 Å². The van der Waals surface area contributed by atoms with Crippen molar-refractivity contribution in [2.45, 2.75) is 13.8 Å². The van der Waals surface area contributed by atoms with Crippen molar-refractivity contribution in [1.82, 2.24) is 10.9 Å². The molecule has 0 saturated carbocycles. The lowest BCUT2D eigenvalue weighted by Gasteiger charge is -2.01. The molecule has 0 bridgehead atoms. The van der Waals surface area contributed by atoms with Gasteiger partial charge >= 0.3 is 0 Å². The number of rotatable bonds is 6. The minimum Gasteiger partial charge on any atom is -0.267 e. The van der Waals surface area contributed by atoms with Crippen molar-refractivity contribution in [3.05, 3.63) is 106 Å². The monoisotopic (exact) mass is 398 g/mol. The van der Waals surface area contributed by atoms with E-state index in [1.807, 2.05) is 62.4 Å². The summed E-state index contributed by atoms with van der Waals surface area (Å²) in [6.45, 7) is 3.86. The topological polar surface area (TPSA) is 82.9 Å². The molecule has 2 N–H and O–H groups in total. The van der Waals surface area contributed by atoms with Gasteiger partial charge in [0.25, 0.3) is 11.8 Å². The Labute approximate surface area is 175 Å². The Hall–Kier alpha value is -4.06. The van der Waals surface area contributed by atoms with Crippen LogP contribution in [0, 0.1) is 13.8 Å². The summed E-state index contributed by atoms with van der Waals surface area (Å²) in [5.74, 6) is -0.522. The van der Waals surface area contributed by atoms with Crippen molar-refractivity contribution in [2.24, 2.45) is 10.2 Å². The van der Waals surface area contributed by atoms with Gasteiger partial charge < -0.3 is 0 Å². The van der Waals surface area contributed by atoms with Crippen molar-refractivity contribution < 1.29 is 9.59 Å². The summed E-state index contributed by atoms with van der Waals surface area (Å²) in [6, 6.07) is 22.0. The fraction of sp³-hybridized carbons (Fsp3) is 0.0833. The number of hydrogen-bond acceptors (Lipinski definition) is 4. The average Bonchev–Trinajstić information content (AvgIpc) is 2.74. The molecular weight excluding hydrogens is 376 g/mol. The third-order valence-corrected chi connectivity index (χ3v) is 4.26. The van der Waals surface area contributed by atoms with Crippen molar-refractivity contribution in [1.29, 1.82) is 0 Å². The van der Waals surface area contributed by atoms with E-state index >= 15 is 0 Å². The molecule has 0 atom stereocenters. The second kappa shape index (κ2) is 9.93. The number of benzene rings is 3. The number of carbonyl (C=O) groups excluding carboxylic acids is 2. The van der Waals surface area contributed by atoms with E-state index < -0.39 is 0 Å². The number of aryl methyl sites for hydroxylation is 2. The Morgan fingerprint density at radius 2 is 1.07 bits per heavy atom. The molecule has 3 rings (SSSR count). The van der Waals surface area contributed by atoms with Crippen LogP contribution < -0.4 is 10.9 Å². The fourth-order valence-corrected chi connectivity index (χ4v) is 2.70. The first-order valence-corrected chi connectivity index (χ1v) is 9.41. The van der Waals surface area contributed by atoms with Crippen LogP contribution in [0.15, 0.2) is 83.0 Å². The third-order valence-electron chi connectivity index (χ3n) is 4.26. The molecule has 6 heteroatoms. The minimum absolute atomic E-state index is 0.261. The van der Waals surface area contributed by atoms with Crippen molar-refractivity contribution in [3.63, 3.8) is 0 Å². The highest BCUT2D eigenvalue weighted by Gasteiger charge is 2.04. The summed E-state index contributed by atoms with van der Waals surface area (Å²) in [7, 11) is 0. The van der Waals surface area contributed by atoms with E-state index in [9.17, 15) is 9.59 Å². The van der Waals surface area contributed by atoms with Gasteiger partial charge in [-0.05, 0) is 49.2 Å². The predicted octanol–water partition coefficient (Wildman–Crippen LogP) is 3.83. The summed E-state index contributed by atoms with van der Waals surface area (Å²) in [6.07, 6.45) is 3.13. The molecule has 3 aromatic carbocycles. The fourth-order valence-electron chi connectivity index (χ4n) is 2.70. The number of hydrazone groups is 2. The van der Waals surface area contributed by atoms with Gasteiger partial charge in [0.1, 0.15) is 0 Å². The predicted molar refractivity (Wildman–Crippen MR) is 119 cm³/mol. The number of hydrogen-bond donors (Lipinski definition) is 2. The van der Waals surface area contributed by atoms with Crippen LogP contribution in [0.3, 0.4) is 0 Å². The summed E-state index contributed by atoms with van der Waals surface area (Å²) >= 11 is 0. The zero-order valence-corrected chi connectivity index (χ0v) is 16.8. The maximum Gasteiger partial charge on any atom is 0.271 e. The maximum absolute atomic E-state index is 12.1. The molecule has 0 spiro atoms. The highest BCUT2D eigenvalue weighted by atomic mass is 16.2. The molecule has 30 heavy (non-hydrogen) atoms. The quantitative estimate of drug-likeness (QED) is 0.489. The van der Waals surface area contributed by atoms with Gasteiger partial charge in [0.2, 0.25) is 0 Å². The number of carbonyl (C=O) groups is 2. The summed E-state index contributed by atoms with van der Waals surface area (Å²) < 4.78 is 0. The van der Waals surface area contributed by atoms with Gasteiger partial charge in [0, 0.05) is 11.1 Å². The Morgan fingerprint density at radius 3 is 1.43 bits per heavy atom. The van der Waals surface area contributed by atoms with E-state index in [4.69, 9.17) is 0 Å². The molecule has 0 heterocycles. The van der Waals surface area contributed by atoms with Crippen LogP contribution in [0.2, 0.25) is 0 Å². The Kier molecular flexibility index (Phi) is 6.84. The molecule has 0 aliphatic carbocycles. The largest absolute Gasteiger partial charge is 0.271 e. The smallest absolute Gasteiger partial charge is 0.267 e. The molecule has 0 radical (unpaired) electrons. The molecule has 0 aliphatic rings. The average molecular weight is 398 g/mol. The lowest BCUT2D eigenvalue weighted by molar-refractivity contribution is 0.0947. The lowest BCUT2D eigenvalue weighted by Crippen LogP contribution is -2.17. The molecule has 2 amide bonds. The van der Waals surface area contributed by atoms with E-state index in [0.29, 0.717) is 11.1 Å². The molecule has 0 saturated heterocycles. The van der Waals surface area contributed by atoms with E-state index in [-0.39, 0.29) is 11.8 Å². The Bertz CT molecular complexity index is 1010. The zero-order valence-electron chi connectivity index (χ0n) is 16.8. The molecule has 3 aromatic rings. The standard InChI is InChI=1S/C24H22N4O2/c1-17-5-3-7-21(13-17)23(29)27-25-15-19-9-11-20(12-10-19)16-26-28-24(30)22-8-4-6-18(2)14-22/h3-16H,1-2H3,(H,27,29)(H,28,30)/b25-15-,26-16-. The Morgan fingerprint density at radius 1 is 0.667 bits per heavy atom. The molecule has 6 nitrogen and oxygen atoms in total. The van der Waals surface area contributed by atoms with Gasteiger partial charge in [-0.3, -0.25) is 9.59 Å². The SMILES string of the molecule is Cc1cccc(C(=O)N/N=C\c2ccc(/C=N\NC(=O)c3cccc(C)c3)cc2)c1. The molecular formula is C24H22N4O2. The van der Waals surface area contributed by atoms with Gasteiger partial charge in [-0.1, -0.05) is 59.7 Å². The first-order valence-electron chi connectivity index (χ1n) is 9.41. The van der Waals surface area contributed by atoms with Crippen LogP contribution in [-0.4, -0.2) is 24.2 Å². The summed E-state index contributed by atoms with van der Waals surface area (Å²) in [5.41, 5.74) is 9.81. The Balaban J connectivity index is 1.52. The first kappa shape index (κ1) is 20.7. The second-order valence-corrected chi connectivity index (χ2v) is 6.80. The summed E-state index contributed by atoms with van der Waals surface area (Å²) in [4.78, 5) is 24.1. The van der Waals surface area contributed by atoms with Gasteiger partial charge in [-0.15, -0.1) is 0 Å². The minimum atomic E-state index is -0.261. The molecule has 0 unspecified atom stereocenters. The van der Waals surface area contributed by atoms with Crippen LogP contribution >= 0.6 is 0 Å². The van der Waals surface area contributed by atoms with Crippen molar-refractivity contribution >= 4 is 24.2 Å². The first-order chi connectivity index (χ1) is 14.5. The zero-order chi connectivity index (χ0) is 21.3. The van der Waals surface area contributed by atoms with Crippen LogP contribution in [0.5, 0.6) is 0 Å². The van der Waals surface area contributed by atoms with Crippen LogP contribution in [0.25, 0.3) is 0 Å². The van der Waals surface area contributed by atoms with Crippen LogP contribution in [0.4, 0.5) is 0 Å². The van der Waals surface area contributed by atoms with Gasteiger partial charge in [-0.25, -0.2) is 10.9 Å². The van der Waals surface area contributed by atoms with Crippen molar-refractivity contribution in [3.8, 4) is 0 Å². The highest BCUT2D eigenvalue weighted by molar-refractivity contribution is 5.96. The molecule has 150 valence electrons. The number of nitrogens with zero attached hydrogens (tertiary/aromatic N) is 2. The van der Waals surface area contributed by atoms with Crippen LogP contribution in [-0.2, 0) is 0 Å². The molecule has 0 aliphatic heterocycles. The summed E-state index contributed by atoms with van der Waals surface area (Å²) in [5, 5.41) is 7.98. The van der Waals surface area contributed by atoms with E-state index in [2.05, 4.69) is 21.1 Å². The molecule has 0 fully saturated rings.